The van der Waals surface area contributed by atoms with Gasteiger partial charge in [-0.25, -0.2) is 0 Å². The molecule has 2 aliphatic rings. The lowest BCUT2D eigenvalue weighted by Crippen LogP contribution is -2.54. The smallest absolute Gasteiger partial charge is 0.264 e. The number of benzene rings is 1. The summed E-state index contributed by atoms with van der Waals surface area (Å²) in [5, 5.41) is 0. The molecule has 0 saturated heterocycles. The van der Waals surface area contributed by atoms with E-state index < -0.39 is 0 Å². The molecule has 1 fully saturated rings. The molecule has 0 spiro atoms. The molecule has 0 bridgehead atoms. The number of nitrogens with two attached hydrogens (primary N) is 1. The van der Waals surface area contributed by atoms with Gasteiger partial charge in [0.1, 0.15) is 0 Å². The van der Waals surface area contributed by atoms with Crippen LogP contribution in [-0.2, 0) is 0 Å². The molecule has 0 unspecified atom stereocenters. The van der Waals surface area contributed by atoms with Crippen molar-refractivity contribution in [1.29, 1.82) is 0 Å². The van der Waals surface area contributed by atoms with Crippen LogP contribution < -0.4 is 5.73 Å². The number of carbonyl (C=O) groups excluding carboxylic acids is 2. The van der Waals surface area contributed by atoms with Crippen LogP contribution >= 0.6 is 0 Å². The SMILES string of the molecule is CC1(N2C(=O)c3cccc(N)c3C2=O)CCC1. The van der Waals surface area contributed by atoms with E-state index in [1.54, 1.807) is 18.2 Å². The molecule has 1 aliphatic heterocycles. The average Bonchev–Trinajstić information content (AvgIpc) is 2.50. The molecule has 1 aromatic rings. The van der Waals surface area contributed by atoms with Gasteiger partial charge in [-0.3, -0.25) is 14.5 Å². The number of rotatable bonds is 1. The molecule has 2 amide bonds. The molecule has 1 heterocycles. The molecule has 88 valence electrons. The summed E-state index contributed by atoms with van der Waals surface area (Å²) in [7, 11) is 0. The summed E-state index contributed by atoms with van der Waals surface area (Å²) >= 11 is 0. The minimum absolute atomic E-state index is 0.195. The van der Waals surface area contributed by atoms with Gasteiger partial charge in [0, 0.05) is 11.2 Å². The van der Waals surface area contributed by atoms with E-state index in [1.807, 2.05) is 6.92 Å². The van der Waals surface area contributed by atoms with Crippen molar-refractivity contribution >= 4 is 17.5 Å². The van der Waals surface area contributed by atoms with Crippen molar-refractivity contribution in [2.75, 3.05) is 5.73 Å². The van der Waals surface area contributed by atoms with Gasteiger partial charge >= 0.3 is 0 Å². The molecule has 1 saturated carbocycles. The lowest BCUT2D eigenvalue weighted by atomic mass is 9.77. The van der Waals surface area contributed by atoms with Crippen LogP contribution in [0, 0.1) is 0 Å². The maximum atomic E-state index is 12.3. The molecule has 0 radical (unpaired) electrons. The highest BCUT2D eigenvalue weighted by Crippen LogP contribution is 2.42. The first-order valence-electron chi connectivity index (χ1n) is 5.82. The summed E-state index contributed by atoms with van der Waals surface area (Å²) in [5.41, 5.74) is 6.71. The molecule has 4 nitrogen and oxygen atoms in total. The summed E-state index contributed by atoms with van der Waals surface area (Å²) in [6, 6.07) is 5.05. The normalized spacial score (nSPS) is 21.4. The van der Waals surface area contributed by atoms with Gasteiger partial charge in [0.25, 0.3) is 11.8 Å². The van der Waals surface area contributed by atoms with Crippen LogP contribution in [0.1, 0.15) is 46.9 Å². The first-order chi connectivity index (χ1) is 8.04. The Morgan fingerprint density at radius 1 is 1.24 bits per heavy atom. The molecular formula is C13H14N2O2. The number of carbonyl (C=O) groups is 2. The zero-order chi connectivity index (χ0) is 12.2. The minimum Gasteiger partial charge on any atom is -0.398 e. The van der Waals surface area contributed by atoms with Gasteiger partial charge in [-0.05, 0) is 38.3 Å². The highest BCUT2D eigenvalue weighted by molar-refractivity contribution is 6.24. The summed E-state index contributed by atoms with van der Waals surface area (Å²) in [6.07, 6.45) is 2.84. The topological polar surface area (TPSA) is 63.4 Å². The molecule has 1 aliphatic carbocycles. The van der Waals surface area contributed by atoms with Crippen LogP contribution in [0.25, 0.3) is 0 Å². The van der Waals surface area contributed by atoms with Crippen molar-refractivity contribution in [3.63, 3.8) is 0 Å². The fourth-order valence-electron chi connectivity index (χ4n) is 2.71. The fourth-order valence-corrected chi connectivity index (χ4v) is 2.71. The Labute approximate surface area is 99.4 Å². The first kappa shape index (κ1) is 10.3. The fraction of sp³-hybridized carbons (Fsp3) is 0.385. The molecular weight excluding hydrogens is 216 g/mol. The Morgan fingerprint density at radius 3 is 2.47 bits per heavy atom. The van der Waals surface area contributed by atoms with E-state index in [-0.39, 0.29) is 17.4 Å². The molecule has 0 aromatic heterocycles. The average molecular weight is 230 g/mol. The molecule has 0 atom stereocenters. The summed E-state index contributed by atoms with van der Waals surface area (Å²) < 4.78 is 0. The Balaban J connectivity index is 2.12. The molecule has 17 heavy (non-hydrogen) atoms. The maximum Gasteiger partial charge on any atom is 0.264 e. The molecule has 2 N–H and O–H groups in total. The minimum atomic E-state index is -0.306. The summed E-state index contributed by atoms with van der Waals surface area (Å²) in [4.78, 5) is 25.9. The Morgan fingerprint density at radius 2 is 1.94 bits per heavy atom. The predicted octanol–water partition coefficient (Wildman–Crippen LogP) is 1.81. The van der Waals surface area contributed by atoms with Crippen molar-refractivity contribution < 1.29 is 9.59 Å². The van der Waals surface area contributed by atoms with E-state index in [1.165, 1.54) is 4.90 Å². The van der Waals surface area contributed by atoms with Crippen molar-refractivity contribution in [3.8, 4) is 0 Å². The van der Waals surface area contributed by atoms with Gasteiger partial charge in [-0.1, -0.05) is 6.07 Å². The van der Waals surface area contributed by atoms with Crippen LogP contribution in [0.15, 0.2) is 18.2 Å². The number of imide groups is 1. The van der Waals surface area contributed by atoms with Gasteiger partial charge in [-0.2, -0.15) is 0 Å². The third kappa shape index (κ3) is 1.18. The van der Waals surface area contributed by atoms with Crippen LogP contribution in [0.2, 0.25) is 0 Å². The van der Waals surface area contributed by atoms with Gasteiger partial charge in [0.15, 0.2) is 0 Å². The number of fused-ring (bicyclic) bond motifs is 1. The van der Waals surface area contributed by atoms with E-state index in [0.717, 1.165) is 19.3 Å². The van der Waals surface area contributed by atoms with E-state index in [4.69, 9.17) is 5.73 Å². The van der Waals surface area contributed by atoms with E-state index in [0.29, 0.717) is 16.8 Å². The third-order valence-corrected chi connectivity index (χ3v) is 3.92. The monoisotopic (exact) mass is 230 g/mol. The van der Waals surface area contributed by atoms with Crippen LogP contribution in [0.4, 0.5) is 5.69 Å². The number of hydrogen-bond donors (Lipinski definition) is 1. The van der Waals surface area contributed by atoms with Gasteiger partial charge < -0.3 is 5.73 Å². The summed E-state index contributed by atoms with van der Waals surface area (Å²) in [5.74, 6) is -0.426. The van der Waals surface area contributed by atoms with Crippen LogP contribution in [-0.4, -0.2) is 22.3 Å². The van der Waals surface area contributed by atoms with E-state index in [2.05, 4.69) is 0 Å². The molecule has 3 rings (SSSR count). The van der Waals surface area contributed by atoms with Crippen molar-refractivity contribution in [1.82, 2.24) is 4.90 Å². The van der Waals surface area contributed by atoms with Crippen molar-refractivity contribution in [2.45, 2.75) is 31.7 Å². The van der Waals surface area contributed by atoms with Gasteiger partial charge in [0.05, 0.1) is 11.1 Å². The molecule has 1 aromatic carbocycles. The third-order valence-electron chi connectivity index (χ3n) is 3.92. The van der Waals surface area contributed by atoms with Gasteiger partial charge in [0.2, 0.25) is 0 Å². The lowest BCUT2D eigenvalue weighted by molar-refractivity contribution is 0.0265. The lowest BCUT2D eigenvalue weighted by Gasteiger charge is -2.44. The second-order valence-electron chi connectivity index (χ2n) is 5.07. The zero-order valence-corrected chi connectivity index (χ0v) is 9.69. The highest BCUT2D eigenvalue weighted by Gasteiger charge is 2.49. The molecule has 4 heteroatoms. The van der Waals surface area contributed by atoms with E-state index in [9.17, 15) is 9.59 Å². The van der Waals surface area contributed by atoms with Crippen LogP contribution in [0.5, 0.6) is 0 Å². The van der Waals surface area contributed by atoms with Crippen LogP contribution in [0.3, 0.4) is 0 Å². The largest absolute Gasteiger partial charge is 0.398 e. The second-order valence-corrected chi connectivity index (χ2v) is 5.07. The Hall–Kier alpha value is -1.84. The number of anilines is 1. The highest BCUT2D eigenvalue weighted by atomic mass is 16.2. The maximum absolute atomic E-state index is 12.3. The van der Waals surface area contributed by atoms with Crippen molar-refractivity contribution in [2.24, 2.45) is 0 Å². The Kier molecular flexibility index (Phi) is 1.88. The van der Waals surface area contributed by atoms with Gasteiger partial charge in [-0.15, -0.1) is 0 Å². The summed E-state index contributed by atoms with van der Waals surface area (Å²) in [6.45, 7) is 1.97. The first-order valence-corrected chi connectivity index (χ1v) is 5.82. The number of hydrogen-bond acceptors (Lipinski definition) is 3. The zero-order valence-electron chi connectivity index (χ0n) is 9.69. The number of amides is 2. The van der Waals surface area contributed by atoms with E-state index >= 15 is 0 Å². The number of nitrogens with zero attached hydrogens (tertiary/aromatic N) is 1. The quantitative estimate of drug-likeness (QED) is 0.591. The predicted molar refractivity (Wildman–Crippen MR) is 63.6 cm³/mol. The second kappa shape index (κ2) is 3.09. The standard InChI is InChI=1S/C13H14N2O2/c1-13(6-3-7-13)15-11(16)8-4-2-5-9(14)10(8)12(15)17/h2,4-5H,3,6-7,14H2,1H3. The Bertz CT molecular complexity index is 532. The number of nitrogen functional groups attached to an aromatic ring is 1. The van der Waals surface area contributed by atoms with Crippen molar-refractivity contribution in [3.05, 3.63) is 29.3 Å².